The van der Waals surface area contributed by atoms with Gasteiger partial charge in [-0.25, -0.2) is 0 Å². The van der Waals surface area contributed by atoms with E-state index in [1.54, 1.807) is 0 Å². The predicted molar refractivity (Wildman–Crippen MR) is 111 cm³/mol. The number of alkyl halides is 3. The molecule has 1 unspecified atom stereocenters. The lowest BCUT2D eigenvalue weighted by atomic mass is 9.78. The lowest BCUT2D eigenvalue weighted by Crippen LogP contribution is -2.49. The first-order valence-corrected chi connectivity index (χ1v) is 9.90. The van der Waals surface area contributed by atoms with Gasteiger partial charge in [0.2, 0.25) is 0 Å². The summed E-state index contributed by atoms with van der Waals surface area (Å²) in [7, 11) is 0. The molecule has 0 saturated heterocycles. The van der Waals surface area contributed by atoms with Crippen LogP contribution in [0.1, 0.15) is 49.1 Å². The molecule has 4 rings (SSSR count). The molecule has 3 aromatic rings. The van der Waals surface area contributed by atoms with Crippen LogP contribution in [0.4, 0.5) is 13.2 Å². The highest BCUT2D eigenvalue weighted by Crippen LogP contribution is 2.54. The summed E-state index contributed by atoms with van der Waals surface area (Å²) in [5.74, 6) is 0.456. The Kier molecular flexibility index (Phi) is 4.89. The molecule has 0 bridgehead atoms. The van der Waals surface area contributed by atoms with Crippen molar-refractivity contribution in [3.8, 4) is 5.75 Å². The monoisotopic (exact) mass is 411 g/mol. The Bertz CT molecular complexity index is 984. The zero-order valence-electron chi connectivity index (χ0n) is 17.1. The molecule has 1 aliphatic heterocycles. The number of benzene rings is 3. The second-order valence-corrected chi connectivity index (χ2v) is 8.65. The first kappa shape index (κ1) is 20.5. The summed E-state index contributed by atoms with van der Waals surface area (Å²) < 4.78 is 47.1. The Balaban J connectivity index is 1.99. The van der Waals surface area contributed by atoms with Gasteiger partial charge in [-0.05, 0) is 39.0 Å². The fourth-order valence-electron chi connectivity index (χ4n) is 4.10. The second-order valence-electron chi connectivity index (χ2n) is 8.65. The van der Waals surface area contributed by atoms with Crippen LogP contribution >= 0.6 is 0 Å². The zero-order chi connectivity index (χ0) is 21.6. The summed E-state index contributed by atoms with van der Waals surface area (Å²) in [5, 5.41) is 3.55. The number of rotatable bonds is 3. The Labute approximate surface area is 174 Å². The van der Waals surface area contributed by atoms with Crippen molar-refractivity contribution in [2.45, 2.75) is 44.1 Å². The minimum absolute atomic E-state index is 0.362. The van der Waals surface area contributed by atoms with Gasteiger partial charge in [-0.1, -0.05) is 60.7 Å². The smallest absolute Gasteiger partial charge is 0.416 e. The first-order chi connectivity index (χ1) is 14.1. The Morgan fingerprint density at radius 2 is 1.33 bits per heavy atom. The van der Waals surface area contributed by atoms with Gasteiger partial charge < -0.3 is 10.1 Å². The molecule has 0 fully saturated rings. The average Bonchev–Trinajstić information content (AvgIpc) is 3.02. The van der Waals surface area contributed by atoms with E-state index in [-0.39, 0.29) is 5.54 Å². The maximum atomic E-state index is 13.5. The fraction of sp³-hybridized carbons (Fsp3) is 0.280. The van der Waals surface area contributed by atoms with Crippen LogP contribution < -0.4 is 10.1 Å². The number of ether oxygens (including phenoxy) is 1. The molecule has 1 atom stereocenters. The molecule has 0 spiro atoms. The molecular weight excluding hydrogens is 387 g/mol. The summed E-state index contributed by atoms with van der Waals surface area (Å²) in [6.45, 7) is 6.00. The normalized spacial score (nSPS) is 18.0. The SMILES string of the molecule is CC(C)(C)NC1c2cc(C(F)(F)F)ccc2OC1(c1ccccc1)c1ccccc1. The predicted octanol–water partition coefficient (Wildman–Crippen LogP) is 6.47. The third-order valence-electron chi connectivity index (χ3n) is 5.31. The van der Waals surface area contributed by atoms with Crippen molar-refractivity contribution in [1.82, 2.24) is 5.32 Å². The van der Waals surface area contributed by atoms with Gasteiger partial charge in [0.25, 0.3) is 0 Å². The highest BCUT2D eigenvalue weighted by molar-refractivity contribution is 5.53. The zero-order valence-corrected chi connectivity index (χ0v) is 17.1. The van der Waals surface area contributed by atoms with Crippen LogP contribution in [-0.2, 0) is 11.8 Å². The third kappa shape index (κ3) is 3.58. The molecule has 1 aliphatic rings. The maximum absolute atomic E-state index is 13.5. The van der Waals surface area contributed by atoms with Gasteiger partial charge in [0.05, 0.1) is 11.6 Å². The van der Waals surface area contributed by atoms with Crippen LogP contribution in [0.25, 0.3) is 0 Å². The Hall–Kier alpha value is -2.79. The largest absolute Gasteiger partial charge is 0.475 e. The fourth-order valence-corrected chi connectivity index (χ4v) is 4.10. The van der Waals surface area contributed by atoms with Gasteiger partial charge in [0, 0.05) is 22.2 Å². The van der Waals surface area contributed by atoms with E-state index in [0.29, 0.717) is 11.3 Å². The van der Waals surface area contributed by atoms with Crippen LogP contribution in [-0.4, -0.2) is 5.54 Å². The summed E-state index contributed by atoms with van der Waals surface area (Å²) in [5.41, 5.74) is 0.224. The Morgan fingerprint density at radius 1 is 0.800 bits per heavy atom. The van der Waals surface area contributed by atoms with Gasteiger partial charge in [0.1, 0.15) is 5.75 Å². The van der Waals surface area contributed by atoms with E-state index < -0.39 is 23.4 Å². The molecule has 30 heavy (non-hydrogen) atoms. The highest BCUT2D eigenvalue weighted by atomic mass is 19.4. The molecule has 0 amide bonds. The van der Waals surface area contributed by atoms with Crippen LogP contribution in [0.15, 0.2) is 78.9 Å². The van der Waals surface area contributed by atoms with Gasteiger partial charge in [-0.15, -0.1) is 0 Å². The molecule has 1 heterocycles. The number of fused-ring (bicyclic) bond motifs is 1. The van der Waals surface area contributed by atoms with E-state index in [0.717, 1.165) is 17.2 Å². The standard InChI is InChI=1S/C25H24F3NO/c1-23(2,3)29-22-20-16-19(25(26,27)28)14-15-21(20)30-24(22,17-10-6-4-7-11-17)18-12-8-5-9-13-18/h4-16,22,29H,1-3H3. The number of hydrogen-bond donors (Lipinski definition) is 1. The molecule has 156 valence electrons. The average molecular weight is 411 g/mol. The molecular formula is C25H24F3NO. The van der Waals surface area contributed by atoms with Crippen LogP contribution in [0.5, 0.6) is 5.75 Å². The molecule has 0 aromatic heterocycles. The first-order valence-electron chi connectivity index (χ1n) is 9.90. The van der Waals surface area contributed by atoms with E-state index in [4.69, 9.17) is 4.74 Å². The molecule has 0 aliphatic carbocycles. The van der Waals surface area contributed by atoms with E-state index in [1.807, 2.05) is 81.4 Å². The van der Waals surface area contributed by atoms with Crippen molar-refractivity contribution < 1.29 is 17.9 Å². The van der Waals surface area contributed by atoms with E-state index in [9.17, 15) is 13.2 Å². The van der Waals surface area contributed by atoms with E-state index >= 15 is 0 Å². The summed E-state index contributed by atoms with van der Waals surface area (Å²) in [4.78, 5) is 0. The minimum atomic E-state index is -4.42. The lowest BCUT2D eigenvalue weighted by molar-refractivity contribution is -0.137. The van der Waals surface area contributed by atoms with Gasteiger partial charge in [-0.3, -0.25) is 0 Å². The topological polar surface area (TPSA) is 21.3 Å². The van der Waals surface area contributed by atoms with Gasteiger partial charge in [0.15, 0.2) is 5.60 Å². The van der Waals surface area contributed by atoms with Crippen molar-refractivity contribution in [2.75, 3.05) is 0 Å². The third-order valence-corrected chi connectivity index (χ3v) is 5.31. The summed E-state index contributed by atoms with van der Waals surface area (Å²) >= 11 is 0. The van der Waals surface area contributed by atoms with Gasteiger partial charge >= 0.3 is 6.18 Å². The molecule has 0 radical (unpaired) electrons. The molecule has 3 aromatic carbocycles. The molecule has 2 nitrogen and oxygen atoms in total. The van der Waals surface area contributed by atoms with Crippen molar-refractivity contribution in [1.29, 1.82) is 0 Å². The van der Waals surface area contributed by atoms with Crippen molar-refractivity contribution in [3.05, 3.63) is 101 Å². The van der Waals surface area contributed by atoms with Crippen LogP contribution in [0.2, 0.25) is 0 Å². The minimum Gasteiger partial charge on any atom is -0.475 e. The summed E-state index contributed by atoms with van der Waals surface area (Å²) in [6, 6.07) is 22.6. The van der Waals surface area contributed by atoms with E-state index in [2.05, 4.69) is 5.32 Å². The second kappa shape index (κ2) is 7.17. The van der Waals surface area contributed by atoms with E-state index in [1.165, 1.54) is 12.1 Å². The van der Waals surface area contributed by atoms with Crippen LogP contribution in [0, 0.1) is 0 Å². The number of nitrogens with one attached hydrogen (secondary N) is 1. The molecule has 5 heteroatoms. The lowest BCUT2D eigenvalue weighted by Gasteiger charge is -2.39. The van der Waals surface area contributed by atoms with Crippen molar-refractivity contribution in [3.63, 3.8) is 0 Å². The van der Waals surface area contributed by atoms with Gasteiger partial charge in [-0.2, -0.15) is 13.2 Å². The Morgan fingerprint density at radius 3 is 1.80 bits per heavy atom. The summed E-state index contributed by atoms with van der Waals surface area (Å²) in [6.07, 6.45) is -4.42. The molecule has 0 saturated carbocycles. The maximum Gasteiger partial charge on any atom is 0.416 e. The number of halogens is 3. The van der Waals surface area contributed by atoms with Crippen molar-refractivity contribution >= 4 is 0 Å². The van der Waals surface area contributed by atoms with Crippen molar-refractivity contribution in [2.24, 2.45) is 0 Å². The highest BCUT2D eigenvalue weighted by Gasteiger charge is 2.52. The molecule has 1 N–H and O–H groups in total. The number of hydrogen-bond acceptors (Lipinski definition) is 2. The van der Waals surface area contributed by atoms with Crippen LogP contribution in [0.3, 0.4) is 0 Å². The quantitative estimate of drug-likeness (QED) is 0.533.